The Morgan fingerprint density at radius 2 is 2.12 bits per heavy atom. The lowest BCUT2D eigenvalue weighted by atomic mass is 9.73. The maximum atomic E-state index is 14.0. The fourth-order valence-electron chi connectivity index (χ4n) is 4.67. The number of ether oxygens (including phenoxy) is 1. The Morgan fingerprint density at radius 1 is 1.33 bits per heavy atom. The minimum atomic E-state index is -0.471. The minimum absolute atomic E-state index is 0.0147. The summed E-state index contributed by atoms with van der Waals surface area (Å²) in [6.07, 6.45) is 1.83. The van der Waals surface area contributed by atoms with E-state index < -0.39 is 5.82 Å². The highest BCUT2D eigenvalue weighted by Crippen LogP contribution is 2.42. The minimum Gasteiger partial charge on any atom is -0.390 e. The lowest BCUT2D eigenvalue weighted by molar-refractivity contribution is 0.0973. The van der Waals surface area contributed by atoms with Gasteiger partial charge in [0.25, 0.3) is 0 Å². The van der Waals surface area contributed by atoms with Crippen molar-refractivity contribution in [1.29, 1.82) is 0 Å². The molecular formula is C23H24ClFN6O2. The fraction of sp³-hybridized carbons (Fsp3) is 0.435. The molecule has 1 aromatic carbocycles. The van der Waals surface area contributed by atoms with Gasteiger partial charge in [-0.3, -0.25) is 5.10 Å². The lowest BCUT2D eigenvalue weighted by Gasteiger charge is -2.41. The summed E-state index contributed by atoms with van der Waals surface area (Å²) in [4.78, 5) is 11.4. The normalized spacial score (nSPS) is 22.0. The number of aliphatic hydroxyl groups excluding tert-OH is 1. The molecular weight excluding hydrogens is 447 g/mol. The molecule has 2 atom stereocenters. The van der Waals surface area contributed by atoms with Crippen molar-refractivity contribution in [1.82, 2.24) is 20.2 Å². The Bertz CT molecular complexity index is 1260. The van der Waals surface area contributed by atoms with E-state index in [2.05, 4.69) is 36.9 Å². The first kappa shape index (κ1) is 22.0. The molecule has 1 spiro atoms. The largest absolute Gasteiger partial charge is 0.390 e. The van der Waals surface area contributed by atoms with Gasteiger partial charge in [-0.2, -0.15) is 5.10 Å². The number of fused-ring (bicyclic) bond motifs is 1. The van der Waals surface area contributed by atoms with Gasteiger partial charge in [0.05, 0.1) is 24.9 Å². The molecule has 2 aromatic heterocycles. The number of benzene rings is 1. The zero-order chi connectivity index (χ0) is 23.2. The molecule has 2 aliphatic heterocycles. The molecule has 0 unspecified atom stereocenters. The van der Waals surface area contributed by atoms with Crippen molar-refractivity contribution in [3.05, 3.63) is 46.0 Å². The van der Waals surface area contributed by atoms with Crippen LogP contribution < -0.4 is 10.6 Å². The zero-order valence-electron chi connectivity index (χ0n) is 18.1. The highest BCUT2D eigenvalue weighted by Gasteiger charge is 2.47. The summed E-state index contributed by atoms with van der Waals surface area (Å²) >= 11 is 5.93. The van der Waals surface area contributed by atoms with Crippen LogP contribution in [0.3, 0.4) is 0 Å². The summed E-state index contributed by atoms with van der Waals surface area (Å²) in [7, 11) is 0. The van der Waals surface area contributed by atoms with Crippen LogP contribution in [0.15, 0.2) is 18.2 Å². The quantitative estimate of drug-likeness (QED) is 0.493. The van der Waals surface area contributed by atoms with Crippen molar-refractivity contribution in [3.8, 4) is 11.8 Å². The first-order valence-corrected chi connectivity index (χ1v) is 11.2. The molecule has 4 heterocycles. The van der Waals surface area contributed by atoms with Crippen LogP contribution in [0.25, 0.3) is 11.2 Å². The molecule has 10 heteroatoms. The topological polar surface area (TPSA) is 113 Å². The summed E-state index contributed by atoms with van der Waals surface area (Å²) in [5.74, 6) is 5.71. The van der Waals surface area contributed by atoms with Crippen LogP contribution in [0, 0.1) is 23.1 Å². The van der Waals surface area contributed by atoms with Crippen molar-refractivity contribution in [3.63, 3.8) is 0 Å². The first-order chi connectivity index (χ1) is 15.9. The number of halogens is 2. The lowest BCUT2D eigenvalue weighted by Crippen LogP contribution is -2.51. The summed E-state index contributed by atoms with van der Waals surface area (Å²) in [5, 5.41) is 17.4. The standard InChI is InChI=1S/C23H24ClFN6O2/c1-13-20(26)23(12-33-13)6-8-31(9-7-23)22-18(11-32)27-19-17(29-30-21(19)28-22)5-2-14-10-15(24)3-4-16(14)25/h3-4,10,13,20,32H,6-9,11-12,26H2,1H3,(H,28,29,30)/t13-,20+/m0/s1. The van der Waals surface area contributed by atoms with Gasteiger partial charge in [-0.05, 0) is 43.9 Å². The molecule has 0 amide bonds. The van der Waals surface area contributed by atoms with Gasteiger partial charge in [0.1, 0.15) is 17.0 Å². The Balaban J connectivity index is 1.42. The summed E-state index contributed by atoms with van der Waals surface area (Å²) in [6.45, 7) is 3.91. The van der Waals surface area contributed by atoms with Crippen molar-refractivity contribution in [2.75, 3.05) is 24.6 Å². The Hall–Kier alpha value is -2.77. The number of rotatable bonds is 2. The second kappa shape index (κ2) is 8.54. The van der Waals surface area contributed by atoms with Gasteiger partial charge >= 0.3 is 0 Å². The number of aromatic amines is 1. The molecule has 3 aromatic rings. The number of anilines is 1. The number of nitrogens with zero attached hydrogens (tertiary/aromatic N) is 4. The van der Waals surface area contributed by atoms with Gasteiger partial charge in [-0.1, -0.05) is 17.5 Å². The third-order valence-electron chi connectivity index (χ3n) is 6.74. The van der Waals surface area contributed by atoms with Gasteiger partial charge < -0.3 is 20.5 Å². The van der Waals surface area contributed by atoms with Crippen LogP contribution in [0.1, 0.15) is 36.7 Å². The molecule has 4 N–H and O–H groups in total. The monoisotopic (exact) mass is 470 g/mol. The van der Waals surface area contributed by atoms with E-state index >= 15 is 0 Å². The van der Waals surface area contributed by atoms with E-state index in [4.69, 9.17) is 22.1 Å². The fourth-order valence-corrected chi connectivity index (χ4v) is 4.84. The number of piperidine rings is 1. The zero-order valence-corrected chi connectivity index (χ0v) is 18.9. The third kappa shape index (κ3) is 3.93. The first-order valence-electron chi connectivity index (χ1n) is 10.9. The number of hydrogen-bond acceptors (Lipinski definition) is 7. The van der Waals surface area contributed by atoms with Crippen LogP contribution in [-0.2, 0) is 11.3 Å². The maximum absolute atomic E-state index is 14.0. The number of hydrogen-bond donors (Lipinski definition) is 3. The molecule has 8 nitrogen and oxygen atoms in total. The molecule has 2 saturated heterocycles. The van der Waals surface area contributed by atoms with Crippen LogP contribution in [0.2, 0.25) is 5.02 Å². The highest BCUT2D eigenvalue weighted by atomic mass is 35.5. The van der Waals surface area contributed by atoms with Gasteiger partial charge in [0.2, 0.25) is 0 Å². The SMILES string of the molecule is C[C@@H]1OCC2(CCN(c3nc4[nH]nc(C#Cc5cc(Cl)ccc5F)c4nc3CO)CC2)[C@@H]1N. The maximum Gasteiger partial charge on any atom is 0.177 e. The molecule has 5 rings (SSSR count). The molecule has 0 radical (unpaired) electrons. The molecule has 2 fully saturated rings. The van der Waals surface area contributed by atoms with Gasteiger partial charge in [-0.15, -0.1) is 0 Å². The van der Waals surface area contributed by atoms with Gasteiger partial charge in [-0.25, -0.2) is 14.4 Å². The van der Waals surface area contributed by atoms with Crippen molar-refractivity contribution >= 4 is 28.6 Å². The van der Waals surface area contributed by atoms with Crippen LogP contribution in [0.5, 0.6) is 0 Å². The molecule has 33 heavy (non-hydrogen) atoms. The van der Waals surface area contributed by atoms with Crippen molar-refractivity contribution in [2.45, 2.75) is 38.5 Å². The number of H-pyrrole nitrogens is 1. The Labute approximate surface area is 195 Å². The van der Waals surface area contributed by atoms with Gasteiger partial charge in [0.15, 0.2) is 17.2 Å². The second-order valence-electron chi connectivity index (χ2n) is 8.69. The number of aliphatic hydroxyl groups is 1. The van der Waals surface area contributed by atoms with Gasteiger partial charge in [0, 0.05) is 29.6 Å². The van der Waals surface area contributed by atoms with Crippen molar-refractivity contribution in [2.24, 2.45) is 11.1 Å². The highest BCUT2D eigenvalue weighted by molar-refractivity contribution is 6.30. The van der Waals surface area contributed by atoms with E-state index in [-0.39, 0.29) is 29.7 Å². The third-order valence-corrected chi connectivity index (χ3v) is 6.98. The molecule has 0 saturated carbocycles. The van der Waals surface area contributed by atoms with E-state index in [9.17, 15) is 9.50 Å². The second-order valence-corrected chi connectivity index (χ2v) is 9.12. The summed E-state index contributed by atoms with van der Waals surface area (Å²) in [6, 6.07) is 4.19. The average molecular weight is 471 g/mol. The smallest absolute Gasteiger partial charge is 0.177 e. The summed E-state index contributed by atoms with van der Waals surface area (Å²) < 4.78 is 19.8. The molecule has 0 aliphatic carbocycles. The van der Waals surface area contributed by atoms with Crippen molar-refractivity contribution < 1.29 is 14.2 Å². The van der Waals surface area contributed by atoms with Crippen LogP contribution >= 0.6 is 11.6 Å². The molecule has 2 aliphatic rings. The van der Waals surface area contributed by atoms with Crippen LogP contribution in [0.4, 0.5) is 10.2 Å². The van der Waals surface area contributed by atoms with E-state index in [1.807, 2.05) is 6.92 Å². The Morgan fingerprint density at radius 3 is 2.82 bits per heavy atom. The average Bonchev–Trinajstić information content (AvgIpc) is 3.35. The van der Waals surface area contributed by atoms with E-state index in [0.717, 1.165) is 25.9 Å². The number of nitrogens with two attached hydrogens (primary N) is 1. The predicted molar refractivity (Wildman–Crippen MR) is 122 cm³/mol. The predicted octanol–water partition coefficient (Wildman–Crippen LogP) is 2.37. The molecule has 0 bridgehead atoms. The van der Waals surface area contributed by atoms with E-state index in [1.54, 1.807) is 0 Å². The number of nitrogens with one attached hydrogen (secondary N) is 1. The van der Waals surface area contributed by atoms with E-state index in [1.165, 1.54) is 18.2 Å². The van der Waals surface area contributed by atoms with E-state index in [0.29, 0.717) is 40.0 Å². The molecule has 172 valence electrons. The Kier molecular flexibility index (Phi) is 5.70. The number of aromatic nitrogens is 4. The summed E-state index contributed by atoms with van der Waals surface area (Å²) in [5.41, 5.74) is 8.21. The van der Waals surface area contributed by atoms with Crippen LogP contribution in [-0.4, -0.2) is 57.1 Å².